The third-order valence-electron chi connectivity index (χ3n) is 5.51. The Labute approximate surface area is 178 Å². The van der Waals surface area contributed by atoms with Crippen molar-refractivity contribution in [2.24, 2.45) is 0 Å². The van der Waals surface area contributed by atoms with E-state index in [1.54, 1.807) is 31.2 Å². The van der Waals surface area contributed by atoms with Gasteiger partial charge in [0.05, 0.1) is 16.6 Å². The monoisotopic (exact) mass is 423 g/mol. The second kappa shape index (κ2) is 8.92. The fourth-order valence-electron chi connectivity index (χ4n) is 3.99. The van der Waals surface area contributed by atoms with Crippen LogP contribution < -0.4 is 16.6 Å². The van der Waals surface area contributed by atoms with E-state index in [2.05, 4.69) is 5.32 Å². The van der Waals surface area contributed by atoms with Crippen molar-refractivity contribution < 1.29 is 4.79 Å². The Morgan fingerprint density at radius 3 is 2.50 bits per heavy atom. The van der Waals surface area contributed by atoms with Crippen molar-refractivity contribution in [3.63, 3.8) is 0 Å². The number of hydrogen-bond donors (Lipinski definition) is 1. The molecule has 6 nitrogen and oxygen atoms in total. The van der Waals surface area contributed by atoms with Crippen LogP contribution in [-0.4, -0.2) is 20.3 Å². The van der Waals surface area contributed by atoms with Crippen LogP contribution in [0.4, 0.5) is 5.69 Å². The van der Waals surface area contributed by atoms with Crippen molar-refractivity contribution in [3.8, 4) is 0 Å². The average Bonchev–Trinajstić information content (AvgIpc) is 3.26. The molecule has 1 aromatic heterocycles. The second-order valence-corrected chi connectivity index (χ2v) is 8.85. The van der Waals surface area contributed by atoms with Gasteiger partial charge in [0.25, 0.3) is 5.56 Å². The highest BCUT2D eigenvalue weighted by Crippen LogP contribution is 2.38. The topological polar surface area (TPSA) is 73.1 Å². The Bertz CT molecular complexity index is 1190. The fourth-order valence-corrected chi connectivity index (χ4v) is 5.33. The van der Waals surface area contributed by atoms with Crippen LogP contribution in [0, 0.1) is 0 Å². The predicted molar refractivity (Wildman–Crippen MR) is 121 cm³/mol. The number of nitrogens with zero attached hydrogens (tertiary/aromatic N) is 2. The SMILES string of the molecule is CCn1c(=O)c2ccccc2n(CC(=O)Nc2ccccc2SC2CCCC2)c1=O. The summed E-state index contributed by atoms with van der Waals surface area (Å²) >= 11 is 1.81. The molecular formula is C23H25N3O3S. The van der Waals surface area contributed by atoms with Crippen LogP contribution in [0.25, 0.3) is 10.9 Å². The molecule has 0 atom stereocenters. The molecular weight excluding hydrogens is 398 g/mol. The van der Waals surface area contributed by atoms with E-state index in [0.29, 0.717) is 16.2 Å². The van der Waals surface area contributed by atoms with Gasteiger partial charge in [-0.1, -0.05) is 37.1 Å². The number of hydrogen-bond acceptors (Lipinski definition) is 4. The normalized spacial score (nSPS) is 14.3. The minimum absolute atomic E-state index is 0.151. The van der Waals surface area contributed by atoms with Gasteiger partial charge in [0.2, 0.25) is 5.91 Å². The van der Waals surface area contributed by atoms with Crippen LogP contribution in [0.2, 0.25) is 0 Å². The summed E-state index contributed by atoms with van der Waals surface area (Å²) in [6.07, 6.45) is 4.92. The van der Waals surface area contributed by atoms with Gasteiger partial charge in [-0.05, 0) is 44.0 Å². The van der Waals surface area contributed by atoms with Gasteiger partial charge in [0.1, 0.15) is 6.54 Å². The summed E-state index contributed by atoms with van der Waals surface area (Å²) in [6.45, 7) is 1.85. The molecule has 0 radical (unpaired) electrons. The quantitative estimate of drug-likeness (QED) is 0.654. The van der Waals surface area contributed by atoms with Gasteiger partial charge in [-0.2, -0.15) is 0 Å². The first-order valence-corrected chi connectivity index (χ1v) is 11.2. The number of carbonyl (C=O) groups is 1. The highest BCUT2D eigenvalue weighted by atomic mass is 32.2. The van der Waals surface area contributed by atoms with Crippen LogP contribution in [0.3, 0.4) is 0 Å². The van der Waals surface area contributed by atoms with Crippen molar-refractivity contribution in [1.29, 1.82) is 0 Å². The number of carbonyl (C=O) groups excluding carboxylic acids is 1. The predicted octanol–water partition coefficient (Wildman–Crippen LogP) is 3.86. The van der Waals surface area contributed by atoms with Crippen molar-refractivity contribution in [3.05, 3.63) is 69.4 Å². The summed E-state index contributed by atoms with van der Waals surface area (Å²) in [5.41, 5.74) is 0.444. The maximum Gasteiger partial charge on any atom is 0.331 e. The molecule has 1 aliphatic carbocycles. The zero-order chi connectivity index (χ0) is 21.1. The number of fused-ring (bicyclic) bond motifs is 1. The van der Waals surface area contributed by atoms with E-state index in [4.69, 9.17) is 0 Å². The van der Waals surface area contributed by atoms with Crippen LogP contribution in [0.5, 0.6) is 0 Å². The first kappa shape index (κ1) is 20.5. The lowest BCUT2D eigenvalue weighted by Crippen LogP contribution is -2.41. The van der Waals surface area contributed by atoms with Gasteiger partial charge in [0, 0.05) is 16.7 Å². The molecule has 4 rings (SSSR count). The van der Waals surface area contributed by atoms with E-state index in [1.165, 1.54) is 34.8 Å². The number of amides is 1. The van der Waals surface area contributed by atoms with E-state index in [9.17, 15) is 14.4 Å². The van der Waals surface area contributed by atoms with Crippen molar-refractivity contribution in [1.82, 2.24) is 9.13 Å². The van der Waals surface area contributed by atoms with Gasteiger partial charge in [0.15, 0.2) is 0 Å². The average molecular weight is 424 g/mol. The van der Waals surface area contributed by atoms with Crippen molar-refractivity contribution in [2.45, 2.75) is 55.8 Å². The lowest BCUT2D eigenvalue weighted by atomic mass is 10.2. The van der Waals surface area contributed by atoms with Gasteiger partial charge in [-0.15, -0.1) is 11.8 Å². The smallest absolute Gasteiger partial charge is 0.324 e. The molecule has 1 aliphatic rings. The molecule has 1 fully saturated rings. The Hall–Kier alpha value is -2.80. The Morgan fingerprint density at radius 1 is 1.03 bits per heavy atom. The maximum atomic E-state index is 12.9. The van der Waals surface area contributed by atoms with E-state index < -0.39 is 5.69 Å². The largest absolute Gasteiger partial charge is 0.331 e. The molecule has 1 saturated carbocycles. The van der Waals surface area contributed by atoms with E-state index in [0.717, 1.165) is 10.6 Å². The van der Waals surface area contributed by atoms with Crippen molar-refractivity contribution in [2.75, 3.05) is 5.32 Å². The number of nitrogens with one attached hydrogen (secondary N) is 1. The Kier molecular flexibility index (Phi) is 6.08. The molecule has 0 bridgehead atoms. The van der Waals surface area contributed by atoms with Crippen LogP contribution in [0.1, 0.15) is 32.6 Å². The molecule has 1 heterocycles. The molecule has 1 N–H and O–H groups in total. The Balaban J connectivity index is 1.62. The van der Waals surface area contributed by atoms with Gasteiger partial charge in [-0.25, -0.2) is 4.79 Å². The Morgan fingerprint density at radius 2 is 1.73 bits per heavy atom. The summed E-state index contributed by atoms with van der Waals surface area (Å²) < 4.78 is 2.54. The zero-order valence-electron chi connectivity index (χ0n) is 17.0. The second-order valence-electron chi connectivity index (χ2n) is 7.50. The highest BCUT2D eigenvalue weighted by Gasteiger charge is 2.19. The third kappa shape index (κ3) is 4.07. The van der Waals surface area contributed by atoms with Gasteiger partial charge < -0.3 is 5.32 Å². The molecule has 0 aliphatic heterocycles. The van der Waals surface area contributed by atoms with Crippen LogP contribution in [0.15, 0.2) is 63.0 Å². The lowest BCUT2D eigenvalue weighted by molar-refractivity contribution is -0.116. The highest BCUT2D eigenvalue weighted by molar-refractivity contribution is 8.00. The summed E-state index contributed by atoms with van der Waals surface area (Å²) in [7, 11) is 0. The van der Waals surface area contributed by atoms with E-state index in [-0.39, 0.29) is 24.6 Å². The molecule has 0 saturated heterocycles. The van der Waals surface area contributed by atoms with Crippen molar-refractivity contribution >= 4 is 34.3 Å². The first-order chi connectivity index (χ1) is 14.6. The van der Waals surface area contributed by atoms with Crippen LogP contribution in [-0.2, 0) is 17.9 Å². The number of benzene rings is 2. The van der Waals surface area contributed by atoms with Gasteiger partial charge in [-0.3, -0.25) is 18.7 Å². The third-order valence-corrected chi connectivity index (χ3v) is 6.92. The molecule has 0 unspecified atom stereocenters. The molecule has 156 valence electrons. The zero-order valence-corrected chi connectivity index (χ0v) is 17.8. The number of rotatable bonds is 6. The molecule has 2 aromatic carbocycles. The summed E-state index contributed by atoms with van der Waals surface area (Å²) in [6, 6.07) is 14.7. The summed E-state index contributed by atoms with van der Waals surface area (Å²) in [4.78, 5) is 39.4. The molecule has 3 aromatic rings. The van der Waals surface area contributed by atoms with Gasteiger partial charge >= 0.3 is 5.69 Å². The minimum atomic E-state index is -0.468. The first-order valence-electron chi connectivity index (χ1n) is 10.4. The summed E-state index contributed by atoms with van der Waals surface area (Å²) in [5, 5.41) is 3.99. The number of para-hydroxylation sites is 2. The lowest BCUT2D eigenvalue weighted by Gasteiger charge is -2.16. The van der Waals surface area contributed by atoms with Crippen LogP contribution >= 0.6 is 11.8 Å². The molecule has 7 heteroatoms. The standard InChI is InChI=1S/C23H25N3O3S/c1-2-25-22(28)17-11-5-7-13-19(17)26(23(25)29)15-21(27)24-18-12-6-8-14-20(18)30-16-9-3-4-10-16/h5-8,11-14,16H,2-4,9-10,15H2,1H3,(H,24,27). The molecule has 30 heavy (non-hydrogen) atoms. The van der Waals surface area contributed by atoms with E-state index in [1.807, 2.05) is 36.0 Å². The molecule has 0 spiro atoms. The van der Waals surface area contributed by atoms with E-state index >= 15 is 0 Å². The fraction of sp³-hybridized carbons (Fsp3) is 0.348. The number of thioether (sulfide) groups is 1. The number of anilines is 1. The maximum absolute atomic E-state index is 12.9. The number of aromatic nitrogens is 2. The molecule has 1 amide bonds. The summed E-state index contributed by atoms with van der Waals surface area (Å²) in [5.74, 6) is -0.289. The minimum Gasteiger partial charge on any atom is -0.324 e.